The first kappa shape index (κ1) is 38.5. The number of rotatable bonds is 2. The summed E-state index contributed by atoms with van der Waals surface area (Å²) < 4.78 is 2.25. The van der Waals surface area contributed by atoms with E-state index in [1.54, 1.807) is 0 Å². The zero-order valence-corrected chi connectivity index (χ0v) is 31.2. The van der Waals surface area contributed by atoms with Crippen LogP contribution in [-0.2, 0) is 47.9 Å². The topological polar surface area (TPSA) is 0 Å². The molecule has 0 amide bonds. The van der Waals surface area contributed by atoms with Crippen molar-refractivity contribution >= 4 is 3.71 Å². The molecule has 0 heterocycles. The molecule has 0 spiro atoms. The number of halogens is 2. The molecule has 0 saturated heterocycles. The Labute approximate surface area is 284 Å². The molecule has 0 saturated carbocycles. The number of hydrogen-bond donors (Lipinski definition) is 0. The molecule has 0 nitrogen and oxygen atoms in total. The third kappa shape index (κ3) is 10.9. The van der Waals surface area contributed by atoms with Crippen LogP contribution in [0, 0.1) is 23.5 Å². The number of hydrogen-bond acceptors (Lipinski definition) is 0. The third-order valence-electron chi connectivity index (χ3n) is 7.50. The molecule has 2 aliphatic rings. The van der Waals surface area contributed by atoms with E-state index in [1.807, 2.05) is 6.07 Å². The van der Waals surface area contributed by atoms with Gasteiger partial charge in [-0.3, -0.25) is 6.08 Å². The molecule has 1 unspecified atom stereocenters. The number of fused-ring (bicyclic) bond motifs is 3. The monoisotopic (exact) mass is 676 g/mol. The van der Waals surface area contributed by atoms with Gasteiger partial charge in [-0.2, -0.15) is 41.0 Å². The van der Waals surface area contributed by atoms with E-state index < -0.39 is 0 Å². The SMILES string of the molecule is CC(C)(C)c1c[c-]c2c(c1)-c1cc(C(C)(C)C)ccc1C2.CC1[C-]=CC(C(C)(C)C)=C1.[Cl-].[Cl-].[Zr+2]=[CH]Cc1ccccc1. The van der Waals surface area contributed by atoms with Gasteiger partial charge in [0.1, 0.15) is 0 Å². The molecule has 3 aromatic rings. The average Bonchev–Trinajstić information content (AvgIpc) is 3.47. The summed E-state index contributed by atoms with van der Waals surface area (Å²) in [6, 6.07) is 25.6. The molecular formula is C39H48Cl2Zr-2. The molecule has 0 radical (unpaired) electrons. The Hall–Kier alpha value is -1.53. The van der Waals surface area contributed by atoms with Gasteiger partial charge >= 0.3 is 70.3 Å². The standard InChI is InChI=1S/C21H25.C10H15.C8H8.2ClH.Zr/c1-20(2,3)16-9-7-14-11-15-8-10-17(21(4,5)6)13-19(15)18(14)12-16;1-8-5-6-9(7-8)10(2,3)4;1-2-8-6-4-3-5-7-8;;;/h7,9-10,12-13H,11H2,1-6H3;6-8H,1-4H3;1,3-7H,2H2;2*1H;/q2*-1;;;;+2/p-2. The van der Waals surface area contributed by atoms with E-state index in [1.165, 1.54) is 68.8 Å². The third-order valence-corrected chi connectivity index (χ3v) is 8.01. The molecule has 3 aromatic carbocycles. The maximum absolute atomic E-state index is 3.53. The molecule has 0 aliphatic heterocycles. The van der Waals surface area contributed by atoms with E-state index in [4.69, 9.17) is 0 Å². The molecule has 3 heteroatoms. The summed E-state index contributed by atoms with van der Waals surface area (Å²) in [7, 11) is 0. The molecule has 1 atom stereocenters. The first-order valence-corrected chi connectivity index (χ1v) is 16.0. The van der Waals surface area contributed by atoms with Gasteiger partial charge in [-0.1, -0.05) is 115 Å². The molecule has 0 fully saturated rings. The van der Waals surface area contributed by atoms with Crippen LogP contribution in [-0.4, -0.2) is 3.71 Å². The zero-order chi connectivity index (χ0) is 29.7. The zero-order valence-electron chi connectivity index (χ0n) is 27.3. The van der Waals surface area contributed by atoms with Gasteiger partial charge in [0.25, 0.3) is 0 Å². The first-order valence-electron chi connectivity index (χ1n) is 14.6. The molecule has 5 rings (SSSR count). The van der Waals surface area contributed by atoms with Crippen molar-refractivity contribution in [3.05, 3.63) is 118 Å². The van der Waals surface area contributed by atoms with E-state index in [0.29, 0.717) is 11.3 Å². The summed E-state index contributed by atoms with van der Waals surface area (Å²) in [5.74, 6) is 0.522. The Morgan fingerprint density at radius 2 is 1.38 bits per heavy atom. The van der Waals surface area contributed by atoms with E-state index in [2.05, 4.69) is 152 Å². The number of allylic oxidation sites excluding steroid dienone is 4. The Balaban J connectivity index is 0.000000353. The fraction of sp³-hybridized carbons (Fsp3) is 0.410. The average molecular weight is 679 g/mol. The van der Waals surface area contributed by atoms with Crippen molar-refractivity contribution in [2.75, 3.05) is 0 Å². The molecule has 0 bridgehead atoms. The number of benzene rings is 3. The summed E-state index contributed by atoms with van der Waals surface area (Å²) in [5.41, 5.74) is 11.9. The normalized spacial score (nSPS) is 15.0. The van der Waals surface area contributed by atoms with E-state index >= 15 is 0 Å². The second kappa shape index (κ2) is 16.0. The van der Waals surface area contributed by atoms with Crippen molar-refractivity contribution in [2.24, 2.45) is 11.3 Å². The van der Waals surface area contributed by atoms with Crippen LogP contribution in [0.25, 0.3) is 11.1 Å². The van der Waals surface area contributed by atoms with Crippen LogP contribution in [0.3, 0.4) is 0 Å². The van der Waals surface area contributed by atoms with Crippen LogP contribution in [0.2, 0.25) is 0 Å². The van der Waals surface area contributed by atoms with Gasteiger partial charge in [0.2, 0.25) is 0 Å². The Morgan fingerprint density at radius 3 is 1.86 bits per heavy atom. The van der Waals surface area contributed by atoms with Gasteiger partial charge in [0.05, 0.1) is 0 Å². The van der Waals surface area contributed by atoms with Crippen LogP contribution in [0.5, 0.6) is 0 Å². The minimum absolute atomic E-state index is 0. The first-order chi connectivity index (χ1) is 18.6. The summed E-state index contributed by atoms with van der Waals surface area (Å²) in [6.45, 7) is 22.5. The van der Waals surface area contributed by atoms with Crippen molar-refractivity contribution in [2.45, 2.75) is 92.9 Å². The summed E-state index contributed by atoms with van der Waals surface area (Å²) >= 11 is 1.51. The summed E-state index contributed by atoms with van der Waals surface area (Å²) in [5, 5.41) is 0. The van der Waals surface area contributed by atoms with Crippen LogP contribution >= 0.6 is 0 Å². The van der Waals surface area contributed by atoms with Crippen LogP contribution < -0.4 is 24.8 Å². The second-order valence-electron chi connectivity index (χ2n) is 14.2. The summed E-state index contributed by atoms with van der Waals surface area (Å²) in [6.07, 6.45) is 9.80. The van der Waals surface area contributed by atoms with Gasteiger partial charge in [-0.15, -0.1) is 5.56 Å². The van der Waals surface area contributed by atoms with Crippen molar-refractivity contribution in [1.82, 2.24) is 0 Å². The summed E-state index contributed by atoms with van der Waals surface area (Å²) in [4.78, 5) is 0. The van der Waals surface area contributed by atoms with Crippen LogP contribution in [0.15, 0.2) is 78.4 Å². The van der Waals surface area contributed by atoms with Crippen molar-refractivity contribution in [3.63, 3.8) is 0 Å². The Bertz CT molecular complexity index is 1300. The predicted octanol–water partition coefficient (Wildman–Crippen LogP) is 4.21. The van der Waals surface area contributed by atoms with Crippen LogP contribution in [0.4, 0.5) is 0 Å². The maximum atomic E-state index is 3.53. The van der Waals surface area contributed by atoms with E-state index in [0.717, 1.165) is 12.8 Å². The molecule has 224 valence electrons. The predicted molar refractivity (Wildman–Crippen MR) is 172 cm³/mol. The van der Waals surface area contributed by atoms with Crippen LogP contribution in [0.1, 0.15) is 97.1 Å². The van der Waals surface area contributed by atoms with Crippen molar-refractivity contribution in [3.8, 4) is 11.1 Å². The van der Waals surface area contributed by atoms with Gasteiger partial charge in [-0.05, 0) is 17.4 Å². The van der Waals surface area contributed by atoms with Gasteiger partial charge < -0.3 is 24.8 Å². The molecule has 42 heavy (non-hydrogen) atoms. The molecular weight excluding hydrogens is 631 g/mol. The Morgan fingerprint density at radius 1 is 0.786 bits per heavy atom. The van der Waals surface area contributed by atoms with E-state index in [-0.39, 0.29) is 35.6 Å². The molecule has 2 aliphatic carbocycles. The molecule has 0 N–H and O–H groups in total. The van der Waals surface area contributed by atoms with Crippen molar-refractivity contribution in [1.29, 1.82) is 0 Å². The van der Waals surface area contributed by atoms with E-state index in [9.17, 15) is 0 Å². The quantitative estimate of drug-likeness (QED) is 0.279. The fourth-order valence-electron chi connectivity index (χ4n) is 4.77. The van der Waals surface area contributed by atoms with Gasteiger partial charge in [0.15, 0.2) is 0 Å². The second-order valence-corrected chi connectivity index (χ2v) is 15.2. The van der Waals surface area contributed by atoms with Gasteiger partial charge in [0, 0.05) is 0 Å². The minimum atomic E-state index is 0. The van der Waals surface area contributed by atoms with Gasteiger partial charge in [-0.25, -0.2) is 6.08 Å². The Kier molecular flexibility index (Phi) is 14.6. The fourth-order valence-corrected chi connectivity index (χ4v) is 5.35. The molecule has 0 aromatic heterocycles. The van der Waals surface area contributed by atoms with Crippen molar-refractivity contribution < 1.29 is 49.0 Å².